The molecule has 2 unspecified atom stereocenters. The Hall–Kier alpha value is -2.98. The van der Waals surface area contributed by atoms with Gasteiger partial charge < -0.3 is 19.6 Å². The van der Waals surface area contributed by atoms with Crippen molar-refractivity contribution in [2.45, 2.75) is 56.3 Å². The number of aryl methyl sites for hydroxylation is 1. The van der Waals surface area contributed by atoms with Gasteiger partial charge in [0.25, 0.3) is 5.91 Å². The van der Waals surface area contributed by atoms with Crippen molar-refractivity contribution >= 4 is 11.6 Å². The van der Waals surface area contributed by atoms with E-state index in [1.165, 1.54) is 6.92 Å². The summed E-state index contributed by atoms with van der Waals surface area (Å²) in [5.74, 6) is -1.32. The summed E-state index contributed by atoms with van der Waals surface area (Å²) in [7, 11) is 0. The third-order valence-corrected chi connectivity index (χ3v) is 7.10. The van der Waals surface area contributed by atoms with Crippen LogP contribution < -0.4 is 5.32 Å². The lowest BCUT2D eigenvalue weighted by atomic mass is 9.71. The summed E-state index contributed by atoms with van der Waals surface area (Å²) < 4.78 is 61.8. The van der Waals surface area contributed by atoms with E-state index in [1.807, 2.05) is 6.20 Å². The molecule has 186 valence electrons. The second-order valence-corrected chi connectivity index (χ2v) is 9.71. The molecule has 2 atom stereocenters. The molecule has 2 N–H and O–H groups in total. The van der Waals surface area contributed by atoms with E-state index in [0.717, 1.165) is 30.5 Å². The molecule has 1 saturated carbocycles. The molecule has 1 aliphatic carbocycles. The van der Waals surface area contributed by atoms with Crippen molar-refractivity contribution < 1.29 is 32.2 Å². The topological polar surface area (TPSA) is 75.9 Å². The monoisotopic (exact) mass is 491 g/mol. The van der Waals surface area contributed by atoms with Crippen LogP contribution in [0.5, 0.6) is 0 Å². The van der Waals surface area contributed by atoms with Crippen LogP contribution in [0.25, 0.3) is 5.65 Å². The van der Waals surface area contributed by atoms with Crippen molar-refractivity contribution in [3.05, 3.63) is 70.4 Å². The van der Waals surface area contributed by atoms with Crippen LogP contribution in [0.2, 0.25) is 0 Å². The Kier molecular flexibility index (Phi) is 5.45. The Morgan fingerprint density at radius 3 is 2.66 bits per heavy atom. The summed E-state index contributed by atoms with van der Waals surface area (Å²) in [5, 5.41) is 14.1. The number of hydrogen-bond acceptors (Lipinski definition) is 4. The van der Waals surface area contributed by atoms with Crippen molar-refractivity contribution in [1.82, 2.24) is 14.7 Å². The quantitative estimate of drug-likeness (QED) is 0.528. The van der Waals surface area contributed by atoms with Gasteiger partial charge in [-0.25, -0.2) is 9.37 Å². The molecular weight excluding hydrogens is 466 g/mol. The summed E-state index contributed by atoms with van der Waals surface area (Å²) in [6, 6.07) is 2.11. The molecule has 1 aromatic carbocycles. The highest BCUT2D eigenvalue weighted by Gasteiger charge is 2.53. The first-order valence-electron chi connectivity index (χ1n) is 11.4. The number of nitrogens with one attached hydrogen (secondary N) is 1. The van der Waals surface area contributed by atoms with Gasteiger partial charge in [0, 0.05) is 37.2 Å². The first-order chi connectivity index (χ1) is 16.4. The summed E-state index contributed by atoms with van der Waals surface area (Å²) in [5.41, 5.74) is -2.58. The van der Waals surface area contributed by atoms with E-state index in [-0.39, 0.29) is 30.8 Å². The largest absolute Gasteiger partial charge is 0.416 e. The van der Waals surface area contributed by atoms with Gasteiger partial charge in [0.05, 0.1) is 17.7 Å². The van der Waals surface area contributed by atoms with Gasteiger partial charge in [-0.2, -0.15) is 13.2 Å². The number of hydrogen-bond donors (Lipinski definition) is 2. The van der Waals surface area contributed by atoms with Gasteiger partial charge in [0.15, 0.2) is 0 Å². The van der Waals surface area contributed by atoms with E-state index in [0.29, 0.717) is 23.2 Å². The number of carbonyl (C=O) groups excluding carboxylic acids is 1. The SMILES string of the molecule is Cc1cn2cc(C3CC3)cnc2c1C(=O)NC1(c2ccc(C(F)(F)F)cc2F)CCOCC1(C)O. The van der Waals surface area contributed by atoms with Crippen molar-refractivity contribution in [2.75, 3.05) is 13.2 Å². The lowest BCUT2D eigenvalue weighted by molar-refractivity contribution is -0.140. The highest BCUT2D eigenvalue weighted by Crippen LogP contribution is 2.43. The smallest absolute Gasteiger partial charge is 0.385 e. The minimum atomic E-state index is -4.73. The number of carbonyl (C=O) groups is 1. The predicted octanol–water partition coefficient (Wildman–Crippen LogP) is 4.47. The number of fused-ring (bicyclic) bond motifs is 1. The molecule has 5 rings (SSSR count). The average molecular weight is 491 g/mol. The van der Waals surface area contributed by atoms with Gasteiger partial charge in [-0.3, -0.25) is 4.79 Å². The first kappa shape index (κ1) is 23.7. The van der Waals surface area contributed by atoms with E-state index < -0.39 is 34.6 Å². The molecule has 0 radical (unpaired) electrons. The molecule has 0 spiro atoms. The minimum absolute atomic E-state index is 0.0435. The van der Waals surface area contributed by atoms with Crippen LogP contribution in [-0.4, -0.2) is 39.2 Å². The Balaban J connectivity index is 1.58. The van der Waals surface area contributed by atoms with E-state index in [1.54, 1.807) is 23.7 Å². The van der Waals surface area contributed by atoms with E-state index >= 15 is 4.39 Å². The van der Waals surface area contributed by atoms with Crippen molar-refractivity contribution in [2.24, 2.45) is 0 Å². The van der Waals surface area contributed by atoms with Crippen LogP contribution >= 0.6 is 0 Å². The lowest BCUT2D eigenvalue weighted by Crippen LogP contribution is -2.65. The number of ether oxygens (including phenoxy) is 1. The molecule has 2 fully saturated rings. The van der Waals surface area contributed by atoms with Crippen molar-refractivity contribution in [3.8, 4) is 0 Å². The third-order valence-electron chi connectivity index (χ3n) is 7.10. The van der Waals surface area contributed by atoms with Crippen molar-refractivity contribution in [3.63, 3.8) is 0 Å². The average Bonchev–Trinajstić information content (AvgIpc) is 3.56. The number of alkyl halides is 3. The fourth-order valence-corrected chi connectivity index (χ4v) is 4.98. The first-order valence-corrected chi connectivity index (χ1v) is 11.4. The van der Waals surface area contributed by atoms with Crippen LogP contribution in [0.15, 0.2) is 36.8 Å². The number of aliphatic hydroxyl groups is 1. The van der Waals surface area contributed by atoms with Gasteiger partial charge in [0.1, 0.15) is 22.6 Å². The number of aromatic nitrogens is 2. The summed E-state index contributed by atoms with van der Waals surface area (Å²) in [6.07, 6.45) is 2.85. The molecule has 3 aromatic rings. The highest BCUT2D eigenvalue weighted by atomic mass is 19.4. The van der Waals surface area contributed by atoms with Gasteiger partial charge >= 0.3 is 6.18 Å². The standard InChI is InChI=1S/C25H25F4N3O3/c1-14-11-32-12-16(15-3-4-15)10-30-21(32)20(14)22(33)31-24(7-8-35-13-23(24,2)34)18-6-5-17(9-19(18)26)25(27,28)29/h5-6,9-12,15,34H,3-4,7-8,13H2,1-2H3,(H,31,33). The fourth-order valence-electron chi connectivity index (χ4n) is 4.98. The van der Waals surface area contributed by atoms with Crippen LogP contribution in [0.4, 0.5) is 17.6 Å². The summed E-state index contributed by atoms with van der Waals surface area (Å²) in [4.78, 5) is 18.1. The van der Waals surface area contributed by atoms with Gasteiger partial charge in [-0.15, -0.1) is 0 Å². The van der Waals surface area contributed by atoms with E-state index in [9.17, 15) is 23.1 Å². The Bertz CT molecular complexity index is 1310. The maximum Gasteiger partial charge on any atom is 0.416 e. The minimum Gasteiger partial charge on any atom is -0.385 e. The molecule has 10 heteroatoms. The molecular formula is C25H25F4N3O3. The van der Waals surface area contributed by atoms with Crippen LogP contribution in [0.3, 0.4) is 0 Å². The Morgan fingerprint density at radius 1 is 1.29 bits per heavy atom. The molecule has 2 aromatic heterocycles. The van der Waals surface area contributed by atoms with Gasteiger partial charge in [-0.1, -0.05) is 6.07 Å². The summed E-state index contributed by atoms with van der Waals surface area (Å²) in [6.45, 7) is 2.93. The van der Waals surface area contributed by atoms with E-state index in [4.69, 9.17) is 4.74 Å². The molecule has 1 aliphatic heterocycles. The fraction of sp³-hybridized carbons (Fsp3) is 0.440. The number of benzene rings is 1. The van der Waals surface area contributed by atoms with Crippen molar-refractivity contribution in [1.29, 1.82) is 0 Å². The second kappa shape index (κ2) is 8.03. The summed E-state index contributed by atoms with van der Waals surface area (Å²) >= 11 is 0. The Labute approximate surface area is 198 Å². The molecule has 2 aliphatic rings. The van der Waals surface area contributed by atoms with Crippen LogP contribution in [-0.2, 0) is 16.5 Å². The molecule has 1 saturated heterocycles. The number of halogens is 4. The molecule has 3 heterocycles. The Morgan fingerprint density at radius 2 is 2.03 bits per heavy atom. The maximum absolute atomic E-state index is 15.2. The third kappa shape index (κ3) is 3.98. The zero-order chi connectivity index (χ0) is 25.2. The van der Waals surface area contributed by atoms with Gasteiger partial charge in [-0.05, 0) is 55.9 Å². The van der Waals surface area contributed by atoms with Gasteiger partial charge in [0.2, 0.25) is 0 Å². The number of amides is 1. The second-order valence-electron chi connectivity index (χ2n) is 9.71. The number of nitrogens with zero attached hydrogens (tertiary/aromatic N) is 2. The van der Waals surface area contributed by atoms with Crippen LogP contribution in [0, 0.1) is 12.7 Å². The lowest BCUT2D eigenvalue weighted by Gasteiger charge is -2.49. The zero-order valence-corrected chi connectivity index (χ0v) is 19.2. The predicted molar refractivity (Wildman–Crippen MR) is 119 cm³/mol. The maximum atomic E-state index is 15.2. The normalized spacial score (nSPS) is 25.1. The number of rotatable bonds is 4. The molecule has 6 nitrogen and oxygen atoms in total. The highest BCUT2D eigenvalue weighted by molar-refractivity contribution is 6.02. The molecule has 1 amide bonds. The zero-order valence-electron chi connectivity index (χ0n) is 19.2. The van der Waals surface area contributed by atoms with E-state index in [2.05, 4.69) is 10.3 Å². The molecule has 0 bridgehead atoms. The van der Waals surface area contributed by atoms with Crippen LogP contribution in [0.1, 0.15) is 64.7 Å². The molecule has 35 heavy (non-hydrogen) atoms.